The van der Waals surface area contributed by atoms with Crippen LogP contribution in [-0.2, 0) is 0 Å². The predicted molar refractivity (Wildman–Crippen MR) is 40.2 cm³/mol. The average molecular weight is 127 g/mol. The summed E-state index contributed by atoms with van der Waals surface area (Å²) in [5, 5.41) is 0. The molecule has 0 aromatic heterocycles. The van der Waals surface area contributed by atoms with Crippen molar-refractivity contribution in [2.45, 2.75) is 45.1 Å². The van der Waals surface area contributed by atoms with Gasteiger partial charge < -0.3 is 5.73 Å². The van der Waals surface area contributed by atoms with Gasteiger partial charge in [-0.1, -0.05) is 19.8 Å². The monoisotopic (exact) mass is 127 g/mol. The van der Waals surface area contributed by atoms with E-state index in [1.165, 1.54) is 25.7 Å². The smallest absolute Gasteiger partial charge is 0.0128 e. The highest BCUT2D eigenvalue weighted by Gasteiger charge is 2.25. The molecule has 0 aromatic rings. The molecule has 1 fully saturated rings. The van der Waals surface area contributed by atoms with Gasteiger partial charge in [0.1, 0.15) is 0 Å². The maximum absolute atomic E-state index is 5.97. The van der Waals surface area contributed by atoms with Gasteiger partial charge in [0.25, 0.3) is 0 Å². The number of nitrogens with two attached hydrogens (primary N) is 1. The molecule has 2 N–H and O–H groups in total. The fraction of sp³-hybridized carbons (Fsp3) is 1.00. The molecule has 0 radical (unpaired) electrons. The molecule has 0 bridgehead atoms. The Morgan fingerprint density at radius 3 is 2.56 bits per heavy atom. The highest BCUT2D eigenvalue weighted by molar-refractivity contribution is 4.84. The standard InChI is InChI=1S/C8H17N/c1-7-4-3-5-8(2,9)6-7/h7H,3-6,9H2,1-2H3. The summed E-state index contributed by atoms with van der Waals surface area (Å²) in [7, 11) is 0. The molecule has 0 aromatic carbocycles. The second-order valence-electron chi connectivity index (χ2n) is 3.86. The summed E-state index contributed by atoms with van der Waals surface area (Å²) in [6, 6.07) is 0. The van der Waals surface area contributed by atoms with Crippen molar-refractivity contribution in [3.8, 4) is 0 Å². The number of hydrogen-bond acceptors (Lipinski definition) is 1. The molecule has 1 aliphatic carbocycles. The van der Waals surface area contributed by atoms with Gasteiger partial charge in [-0.15, -0.1) is 0 Å². The quantitative estimate of drug-likeness (QED) is 0.528. The van der Waals surface area contributed by atoms with E-state index in [1.54, 1.807) is 0 Å². The second kappa shape index (κ2) is 2.30. The van der Waals surface area contributed by atoms with Crippen LogP contribution in [0.2, 0.25) is 0 Å². The molecule has 54 valence electrons. The molecule has 0 amide bonds. The van der Waals surface area contributed by atoms with Crippen LogP contribution in [-0.4, -0.2) is 5.54 Å². The largest absolute Gasteiger partial charge is 0.325 e. The van der Waals surface area contributed by atoms with Crippen LogP contribution in [0, 0.1) is 5.92 Å². The zero-order valence-corrected chi connectivity index (χ0v) is 6.48. The van der Waals surface area contributed by atoms with Crippen LogP contribution >= 0.6 is 0 Å². The van der Waals surface area contributed by atoms with Crippen LogP contribution in [0.3, 0.4) is 0 Å². The van der Waals surface area contributed by atoms with Gasteiger partial charge in [0.2, 0.25) is 0 Å². The summed E-state index contributed by atoms with van der Waals surface area (Å²) in [5.74, 6) is 0.855. The van der Waals surface area contributed by atoms with Crippen molar-refractivity contribution in [2.75, 3.05) is 0 Å². The van der Waals surface area contributed by atoms with Crippen molar-refractivity contribution in [1.29, 1.82) is 0 Å². The first-order valence-corrected chi connectivity index (χ1v) is 3.89. The Kier molecular flexibility index (Phi) is 1.80. The third-order valence-corrected chi connectivity index (χ3v) is 2.26. The Bertz CT molecular complexity index is 96.7. The molecule has 1 saturated carbocycles. The fourth-order valence-electron chi connectivity index (χ4n) is 1.85. The first-order chi connectivity index (χ1) is 4.10. The van der Waals surface area contributed by atoms with Crippen LogP contribution < -0.4 is 5.73 Å². The third kappa shape index (κ3) is 1.98. The lowest BCUT2D eigenvalue weighted by Crippen LogP contribution is -2.40. The highest BCUT2D eigenvalue weighted by Crippen LogP contribution is 2.29. The van der Waals surface area contributed by atoms with Crippen LogP contribution in [0.25, 0.3) is 0 Å². The molecular formula is C8H17N. The van der Waals surface area contributed by atoms with Gasteiger partial charge in [0.05, 0.1) is 0 Å². The molecular weight excluding hydrogens is 110 g/mol. The molecule has 0 aliphatic heterocycles. The van der Waals surface area contributed by atoms with E-state index < -0.39 is 0 Å². The van der Waals surface area contributed by atoms with Crippen molar-refractivity contribution in [3.63, 3.8) is 0 Å². The maximum Gasteiger partial charge on any atom is 0.0128 e. The number of rotatable bonds is 0. The molecule has 1 rings (SSSR count). The predicted octanol–water partition coefficient (Wildman–Crippen LogP) is 1.91. The van der Waals surface area contributed by atoms with E-state index in [9.17, 15) is 0 Å². The maximum atomic E-state index is 5.97. The molecule has 0 spiro atoms. The van der Waals surface area contributed by atoms with Crippen LogP contribution in [0.5, 0.6) is 0 Å². The fourth-order valence-corrected chi connectivity index (χ4v) is 1.85. The van der Waals surface area contributed by atoms with Gasteiger partial charge in [0.15, 0.2) is 0 Å². The molecule has 1 nitrogen and oxygen atoms in total. The molecule has 1 heteroatoms. The van der Waals surface area contributed by atoms with Gasteiger partial charge in [-0.3, -0.25) is 0 Å². The Balaban J connectivity index is 2.41. The topological polar surface area (TPSA) is 26.0 Å². The van der Waals surface area contributed by atoms with E-state index in [0.29, 0.717) is 0 Å². The Morgan fingerprint density at radius 2 is 2.22 bits per heavy atom. The lowest BCUT2D eigenvalue weighted by Gasteiger charge is -2.33. The molecule has 2 atom stereocenters. The van der Waals surface area contributed by atoms with E-state index in [1.807, 2.05) is 0 Å². The van der Waals surface area contributed by atoms with Crippen molar-refractivity contribution in [2.24, 2.45) is 11.7 Å². The normalized spacial score (nSPS) is 45.0. The SMILES string of the molecule is CC1CCCC(C)(N)C1. The summed E-state index contributed by atoms with van der Waals surface area (Å²) in [6.07, 6.45) is 5.14. The lowest BCUT2D eigenvalue weighted by atomic mass is 9.78. The first kappa shape index (κ1) is 7.07. The van der Waals surface area contributed by atoms with Gasteiger partial charge in [-0.2, -0.15) is 0 Å². The summed E-state index contributed by atoms with van der Waals surface area (Å²) in [6.45, 7) is 4.47. The van der Waals surface area contributed by atoms with E-state index in [0.717, 1.165) is 5.92 Å². The minimum absolute atomic E-state index is 0.150. The first-order valence-electron chi connectivity index (χ1n) is 3.89. The highest BCUT2D eigenvalue weighted by atomic mass is 14.7. The molecule has 0 saturated heterocycles. The van der Waals surface area contributed by atoms with Crippen molar-refractivity contribution in [1.82, 2.24) is 0 Å². The minimum Gasteiger partial charge on any atom is -0.325 e. The van der Waals surface area contributed by atoms with E-state index in [2.05, 4.69) is 13.8 Å². The van der Waals surface area contributed by atoms with Gasteiger partial charge in [-0.05, 0) is 25.7 Å². The van der Waals surface area contributed by atoms with Crippen LogP contribution in [0.15, 0.2) is 0 Å². The molecule has 9 heavy (non-hydrogen) atoms. The van der Waals surface area contributed by atoms with Gasteiger partial charge >= 0.3 is 0 Å². The summed E-state index contributed by atoms with van der Waals surface area (Å²) < 4.78 is 0. The Morgan fingerprint density at radius 1 is 1.56 bits per heavy atom. The molecule has 0 heterocycles. The average Bonchev–Trinajstić information content (AvgIpc) is 1.60. The second-order valence-corrected chi connectivity index (χ2v) is 3.86. The minimum atomic E-state index is 0.150. The third-order valence-electron chi connectivity index (χ3n) is 2.26. The van der Waals surface area contributed by atoms with E-state index in [-0.39, 0.29) is 5.54 Å². The zero-order valence-electron chi connectivity index (χ0n) is 6.48. The van der Waals surface area contributed by atoms with Gasteiger partial charge in [0, 0.05) is 5.54 Å². The van der Waals surface area contributed by atoms with Crippen molar-refractivity contribution < 1.29 is 0 Å². The van der Waals surface area contributed by atoms with Crippen LogP contribution in [0.4, 0.5) is 0 Å². The van der Waals surface area contributed by atoms with E-state index >= 15 is 0 Å². The summed E-state index contributed by atoms with van der Waals surface area (Å²) in [4.78, 5) is 0. The molecule has 2 unspecified atom stereocenters. The number of hydrogen-bond donors (Lipinski definition) is 1. The zero-order chi connectivity index (χ0) is 6.91. The lowest BCUT2D eigenvalue weighted by molar-refractivity contribution is 0.256. The summed E-state index contributed by atoms with van der Waals surface area (Å²) in [5.41, 5.74) is 6.12. The van der Waals surface area contributed by atoms with Crippen molar-refractivity contribution >= 4 is 0 Å². The van der Waals surface area contributed by atoms with E-state index in [4.69, 9.17) is 5.73 Å². The van der Waals surface area contributed by atoms with Crippen LogP contribution in [0.1, 0.15) is 39.5 Å². The van der Waals surface area contributed by atoms with Gasteiger partial charge in [-0.25, -0.2) is 0 Å². The summed E-state index contributed by atoms with van der Waals surface area (Å²) >= 11 is 0. The van der Waals surface area contributed by atoms with Crippen molar-refractivity contribution in [3.05, 3.63) is 0 Å². The Hall–Kier alpha value is -0.0400. The molecule has 1 aliphatic rings. The Labute approximate surface area is 57.6 Å².